The third-order valence-corrected chi connectivity index (χ3v) is 3.29. The summed E-state index contributed by atoms with van der Waals surface area (Å²) < 4.78 is 0. The molecule has 6 heteroatoms. The van der Waals surface area contributed by atoms with Crippen LogP contribution in [0.15, 0.2) is 0 Å². The third-order valence-electron chi connectivity index (χ3n) is 3.29. The molecule has 0 aliphatic carbocycles. The summed E-state index contributed by atoms with van der Waals surface area (Å²) in [4.78, 5) is 36.2. The van der Waals surface area contributed by atoms with Crippen LogP contribution >= 0.6 is 0 Å². The maximum atomic E-state index is 12.5. The minimum atomic E-state index is -1.08. The number of amides is 1. The average Bonchev–Trinajstić information content (AvgIpc) is 2.34. The van der Waals surface area contributed by atoms with Gasteiger partial charge in [-0.05, 0) is 6.42 Å². The highest BCUT2D eigenvalue weighted by atomic mass is 16.4. The second-order valence-corrected chi connectivity index (χ2v) is 6.44. The molecule has 0 spiro atoms. The van der Waals surface area contributed by atoms with E-state index in [4.69, 9.17) is 5.11 Å². The molecule has 6 nitrogen and oxygen atoms in total. The molecular weight excluding hydrogens is 274 g/mol. The van der Waals surface area contributed by atoms with E-state index in [1.165, 1.54) is 11.8 Å². The second-order valence-electron chi connectivity index (χ2n) is 6.44. The molecule has 2 atom stereocenters. The Kier molecular flexibility index (Phi) is 7.39. The fraction of sp³-hybridized carbons (Fsp3) is 0.800. The van der Waals surface area contributed by atoms with Gasteiger partial charge < -0.3 is 15.1 Å². The molecule has 0 heterocycles. The van der Waals surface area contributed by atoms with Gasteiger partial charge in [-0.2, -0.15) is 0 Å². The Labute approximate surface area is 126 Å². The summed E-state index contributed by atoms with van der Waals surface area (Å²) in [6, 6.07) is -0.974. The highest BCUT2D eigenvalue weighted by molar-refractivity contribution is 5.87. The molecule has 0 saturated carbocycles. The predicted molar refractivity (Wildman–Crippen MR) is 78.9 cm³/mol. The Morgan fingerprint density at radius 3 is 1.95 bits per heavy atom. The number of carboxylic acid groups (broad SMARTS) is 2. The standard InChI is InChI=1S/C15H27NO5/c1-6-7-8-11(13(19)20)16(9-10(2)12(17)18)14(21)15(3,4)5/h10-11H,6-9H2,1-5H3,(H,17,18)(H,19,20). The Balaban J connectivity index is 5.38. The van der Waals surface area contributed by atoms with Crippen LogP contribution in [-0.2, 0) is 14.4 Å². The van der Waals surface area contributed by atoms with E-state index in [2.05, 4.69) is 0 Å². The SMILES string of the molecule is CCCCC(C(=O)O)N(CC(C)C(=O)O)C(=O)C(C)(C)C. The highest BCUT2D eigenvalue weighted by Gasteiger charge is 2.36. The first kappa shape index (κ1) is 19.4. The first-order chi connectivity index (χ1) is 9.52. The molecule has 21 heavy (non-hydrogen) atoms. The van der Waals surface area contributed by atoms with Crippen LogP contribution in [0, 0.1) is 11.3 Å². The first-order valence-electron chi connectivity index (χ1n) is 7.29. The molecule has 2 unspecified atom stereocenters. The van der Waals surface area contributed by atoms with E-state index in [1.807, 2.05) is 6.92 Å². The maximum absolute atomic E-state index is 12.5. The molecule has 0 aromatic heterocycles. The molecular formula is C15H27NO5. The fourth-order valence-corrected chi connectivity index (χ4v) is 1.97. The van der Waals surface area contributed by atoms with Crippen molar-refractivity contribution in [2.24, 2.45) is 11.3 Å². The number of hydrogen-bond donors (Lipinski definition) is 2. The smallest absolute Gasteiger partial charge is 0.326 e. The van der Waals surface area contributed by atoms with Crippen molar-refractivity contribution in [2.75, 3.05) is 6.54 Å². The fourth-order valence-electron chi connectivity index (χ4n) is 1.97. The molecule has 0 saturated heterocycles. The Hall–Kier alpha value is -1.59. The van der Waals surface area contributed by atoms with Crippen LogP contribution < -0.4 is 0 Å². The molecule has 1 amide bonds. The van der Waals surface area contributed by atoms with E-state index in [-0.39, 0.29) is 12.5 Å². The van der Waals surface area contributed by atoms with Gasteiger partial charge in [0.2, 0.25) is 5.91 Å². The topological polar surface area (TPSA) is 94.9 Å². The van der Waals surface area contributed by atoms with E-state index in [1.54, 1.807) is 20.8 Å². The van der Waals surface area contributed by atoms with Crippen molar-refractivity contribution < 1.29 is 24.6 Å². The Morgan fingerprint density at radius 2 is 1.62 bits per heavy atom. The van der Waals surface area contributed by atoms with Gasteiger partial charge in [-0.1, -0.05) is 47.5 Å². The van der Waals surface area contributed by atoms with Crippen molar-refractivity contribution in [3.05, 3.63) is 0 Å². The highest BCUT2D eigenvalue weighted by Crippen LogP contribution is 2.22. The zero-order chi connectivity index (χ0) is 16.8. The van der Waals surface area contributed by atoms with Gasteiger partial charge in [0.05, 0.1) is 5.92 Å². The molecule has 0 aliphatic heterocycles. The minimum Gasteiger partial charge on any atom is -0.481 e. The quantitative estimate of drug-likeness (QED) is 0.717. The van der Waals surface area contributed by atoms with E-state index >= 15 is 0 Å². The van der Waals surface area contributed by atoms with Gasteiger partial charge in [0, 0.05) is 12.0 Å². The molecule has 0 aliphatic rings. The molecule has 0 aromatic carbocycles. The molecule has 0 aromatic rings. The van der Waals surface area contributed by atoms with Crippen molar-refractivity contribution in [3.8, 4) is 0 Å². The summed E-state index contributed by atoms with van der Waals surface area (Å²) in [5.41, 5.74) is -0.752. The summed E-state index contributed by atoms with van der Waals surface area (Å²) in [5, 5.41) is 18.4. The maximum Gasteiger partial charge on any atom is 0.326 e. The lowest BCUT2D eigenvalue weighted by Gasteiger charge is -2.35. The molecule has 0 fully saturated rings. The normalized spacial score (nSPS) is 14.3. The van der Waals surface area contributed by atoms with Crippen LogP contribution in [0.3, 0.4) is 0 Å². The number of carbonyl (C=O) groups excluding carboxylic acids is 1. The van der Waals surface area contributed by atoms with Gasteiger partial charge >= 0.3 is 11.9 Å². The molecule has 0 bridgehead atoms. The molecule has 0 rings (SSSR count). The summed E-state index contributed by atoms with van der Waals surface area (Å²) in [6.07, 6.45) is 1.82. The number of rotatable bonds is 8. The first-order valence-corrected chi connectivity index (χ1v) is 7.29. The van der Waals surface area contributed by atoms with Crippen LogP contribution in [0.25, 0.3) is 0 Å². The van der Waals surface area contributed by atoms with Gasteiger partial charge in [-0.15, -0.1) is 0 Å². The van der Waals surface area contributed by atoms with Gasteiger partial charge in [-0.25, -0.2) is 4.79 Å². The number of unbranched alkanes of at least 4 members (excludes halogenated alkanes) is 1. The number of carbonyl (C=O) groups is 3. The summed E-state index contributed by atoms with van der Waals surface area (Å²) in [7, 11) is 0. The third kappa shape index (κ3) is 6.14. The van der Waals surface area contributed by atoms with E-state index in [0.29, 0.717) is 12.8 Å². The van der Waals surface area contributed by atoms with Crippen LogP contribution in [-0.4, -0.2) is 45.5 Å². The molecule has 122 valence electrons. The van der Waals surface area contributed by atoms with Crippen molar-refractivity contribution in [1.82, 2.24) is 4.90 Å². The predicted octanol–water partition coefficient (Wildman–Crippen LogP) is 2.23. The van der Waals surface area contributed by atoms with Crippen LogP contribution in [0.2, 0.25) is 0 Å². The number of carboxylic acids is 2. The number of hydrogen-bond acceptors (Lipinski definition) is 3. The monoisotopic (exact) mass is 301 g/mol. The van der Waals surface area contributed by atoms with Crippen LogP contribution in [0.5, 0.6) is 0 Å². The Morgan fingerprint density at radius 1 is 1.10 bits per heavy atom. The number of nitrogens with zero attached hydrogens (tertiary/aromatic N) is 1. The van der Waals surface area contributed by atoms with E-state index < -0.39 is 29.3 Å². The van der Waals surface area contributed by atoms with Crippen molar-refractivity contribution >= 4 is 17.8 Å². The lowest BCUT2D eigenvalue weighted by atomic mass is 9.92. The van der Waals surface area contributed by atoms with Crippen molar-refractivity contribution in [3.63, 3.8) is 0 Å². The molecule has 0 radical (unpaired) electrons. The van der Waals surface area contributed by atoms with Crippen molar-refractivity contribution in [1.29, 1.82) is 0 Å². The summed E-state index contributed by atoms with van der Waals surface area (Å²) in [5.74, 6) is -3.26. The lowest BCUT2D eigenvalue weighted by molar-refractivity contribution is -0.157. The van der Waals surface area contributed by atoms with Gasteiger partial charge in [0.1, 0.15) is 6.04 Å². The van der Waals surface area contributed by atoms with Gasteiger partial charge in [-0.3, -0.25) is 9.59 Å². The van der Waals surface area contributed by atoms with Crippen LogP contribution in [0.1, 0.15) is 53.9 Å². The summed E-state index contributed by atoms with van der Waals surface area (Å²) >= 11 is 0. The second kappa shape index (κ2) is 8.00. The van der Waals surface area contributed by atoms with E-state index in [9.17, 15) is 19.5 Å². The van der Waals surface area contributed by atoms with Crippen molar-refractivity contribution in [2.45, 2.75) is 59.9 Å². The van der Waals surface area contributed by atoms with Crippen LogP contribution in [0.4, 0.5) is 0 Å². The average molecular weight is 301 g/mol. The zero-order valence-corrected chi connectivity index (χ0v) is 13.5. The van der Waals surface area contributed by atoms with Gasteiger partial charge in [0.25, 0.3) is 0 Å². The summed E-state index contributed by atoms with van der Waals surface area (Å²) in [6.45, 7) is 8.43. The van der Waals surface area contributed by atoms with E-state index in [0.717, 1.165) is 6.42 Å². The van der Waals surface area contributed by atoms with Gasteiger partial charge in [0.15, 0.2) is 0 Å². The lowest BCUT2D eigenvalue weighted by Crippen LogP contribution is -2.51. The number of aliphatic carboxylic acids is 2. The minimum absolute atomic E-state index is 0.0912. The zero-order valence-electron chi connectivity index (χ0n) is 13.5. The largest absolute Gasteiger partial charge is 0.481 e. The Bertz CT molecular complexity index is 386. The molecule has 2 N–H and O–H groups in total.